The molecule has 0 aliphatic carbocycles. The summed E-state index contributed by atoms with van der Waals surface area (Å²) < 4.78 is 10.5. The van der Waals surface area contributed by atoms with Gasteiger partial charge in [-0.05, 0) is 36.2 Å². The second-order valence-electron chi connectivity index (χ2n) is 7.34. The van der Waals surface area contributed by atoms with Crippen LogP contribution in [-0.4, -0.2) is 55.6 Å². The maximum Gasteiger partial charge on any atom is 0.263 e. The summed E-state index contributed by atoms with van der Waals surface area (Å²) in [6, 6.07) is 10.3. The molecule has 1 saturated heterocycles. The van der Waals surface area contributed by atoms with Crippen molar-refractivity contribution in [1.29, 1.82) is 0 Å². The highest BCUT2D eigenvalue weighted by Gasteiger charge is 2.55. The predicted molar refractivity (Wildman–Crippen MR) is 116 cm³/mol. The van der Waals surface area contributed by atoms with Crippen molar-refractivity contribution in [3.8, 4) is 11.5 Å². The number of nitrogens with one attached hydrogen (secondary N) is 1. The second kappa shape index (κ2) is 8.66. The number of amides is 3. The fourth-order valence-corrected chi connectivity index (χ4v) is 3.74. The molecule has 2 aromatic carbocycles. The summed E-state index contributed by atoms with van der Waals surface area (Å²) in [6.45, 7) is 1.84. The zero-order valence-electron chi connectivity index (χ0n) is 17.9. The lowest BCUT2D eigenvalue weighted by atomic mass is 10.1. The molecule has 10 nitrogen and oxygen atoms in total. The lowest BCUT2D eigenvalue weighted by molar-refractivity contribution is -0.123. The van der Waals surface area contributed by atoms with Crippen LogP contribution in [0.3, 0.4) is 0 Å². The number of hydrogen-bond donors (Lipinski definition) is 1. The monoisotopic (exact) mass is 437 g/mol. The van der Waals surface area contributed by atoms with Crippen LogP contribution in [0.25, 0.3) is 0 Å². The summed E-state index contributed by atoms with van der Waals surface area (Å²) in [5.74, 6) is -0.514. The van der Waals surface area contributed by atoms with Gasteiger partial charge in [0.15, 0.2) is 23.6 Å². The molecule has 2 aliphatic rings. The topological polar surface area (TPSA) is 113 Å². The molecule has 0 aromatic heterocycles. The van der Waals surface area contributed by atoms with Crippen LogP contribution in [0, 0.1) is 0 Å². The number of ether oxygens (including phenoxy) is 2. The predicted octanol–water partition coefficient (Wildman–Crippen LogP) is 2.20. The van der Waals surface area contributed by atoms with Gasteiger partial charge in [-0.2, -0.15) is 5.11 Å². The Labute approximate surface area is 184 Å². The van der Waals surface area contributed by atoms with Crippen LogP contribution in [0.2, 0.25) is 0 Å². The molecule has 3 amide bonds. The van der Waals surface area contributed by atoms with Crippen molar-refractivity contribution in [2.75, 3.05) is 31.0 Å². The quantitative estimate of drug-likeness (QED) is 0.665. The first-order valence-corrected chi connectivity index (χ1v) is 10.1. The SMILES string of the molecule is CCc1ccc(NC(=O)CN2N=N[C@@H]3C(=O)N(c4ccc(OC)c(OC)c4)C(=O)[C@H]32)cc1. The smallest absolute Gasteiger partial charge is 0.263 e. The Morgan fingerprint density at radius 3 is 2.41 bits per heavy atom. The van der Waals surface area contributed by atoms with Gasteiger partial charge < -0.3 is 14.8 Å². The number of rotatable bonds is 7. The number of benzene rings is 2. The Morgan fingerprint density at radius 2 is 1.75 bits per heavy atom. The van der Waals surface area contributed by atoms with Gasteiger partial charge in [-0.25, -0.2) is 4.90 Å². The molecule has 0 unspecified atom stereocenters. The molecular formula is C22H23N5O5. The highest BCUT2D eigenvalue weighted by atomic mass is 16.5. The van der Waals surface area contributed by atoms with Gasteiger partial charge in [-0.15, -0.1) is 0 Å². The Hall–Kier alpha value is -3.95. The highest BCUT2D eigenvalue weighted by Crippen LogP contribution is 2.36. The highest BCUT2D eigenvalue weighted by molar-refractivity contribution is 6.25. The van der Waals surface area contributed by atoms with Crippen molar-refractivity contribution >= 4 is 29.1 Å². The van der Waals surface area contributed by atoms with Crippen LogP contribution >= 0.6 is 0 Å². The standard InChI is InChI=1S/C22H23N5O5/c1-4-13-5-7-14(8-6-13)23-18(28)12-26-20-19(24-25-26)21(29)27(22(20)30)15-9-10-16(31-2)17(11-15)32-3/h5-11,19-20H,4,12H2,1-3H3,(H,23,28)/t19-,20-/m0/s1. The van der Waals surface area contributed by atoms with Crippen molar-refractivity contribution in [3.05, 3.63) is 48.0 Å². The first-order valence-electron chi connectivity index (χ1n) is 10.1. The minimum Gasteiger partial charge on any atom is -0.493 e. The van der Waals surface area contributed by atoms with E-state index in [1.807, 2.05) is 31.2 Å². The van der Waals surface area contributed by atoms with Gasteiger partial charge in [0.2, 0.25) is 5.91 Å². The average Bonchev–Trinajstić information content (AvgIpc) is 3.32. The van der Waals surface area contributed by atoms with Crippen molar-refractivity contribution in [2.24, 2.45) is 10.3 Å². The summed E-state index contributed by atoms with van der Waals surface area (Å²) in [5.41, 5.74) is 2.13. The van der Waals surface area contributed by atoms with E-state index >= 15 is 0 Å². The van der Waals surface area contributed by atoms with Crippen LogP contribution in [0.15, 0.2) is 52.8 Å². The van der Waals surface area contributed by atoms with Crippen molar-refractivity contribution in [3.63, 3.8) is 0 Å². The Morgan fingerprint density at radius 1 is 1.03 bits per heavy atom. The second-order valence-corrected chi connectivity index (χ2v) is 7.34. The number of fused-ring (bicyclic) bond motifs is 1. The molecule has 0 bridgehead atoms. The molecule has 0 spiro atoms. The Balaban J connectivity index is 1.48. The molecule has 32 heavy (non-hydrogen) atoms. The van der Waals surface area contributed by atoms with E-state index in [0.717, 1.165) is 16.9 Å². The van der Waals surface area contributed by atoms with E-state index in [1.54, 1.807) is 18.2 Å². The summed E-state index contributed by atoms with van der Waals surface area (Å²) in [4.78, 5) is 39.6. The van der Waals surface area contributed by atoms with Crippen molar-refractivity contribution in [2.45, 2.75) is 25.4 Å². The van der Waals surface area contributed by atoms with Gasteiger partial charge in [0.05, 0.1) is 19.9 Å². The fraction of sp³-hybridized carbons (Fsp3) is 0.318. The molecule has 2 atom stereocenters. The van der Waals surface area contributed by atoms with E-state index in [-0.39, 0.29) is 12.5 Å². The maximum absolute atomic E-state index is 13.1. The van der Waals surface area contributed by atoms with Gasteiger partial charge in [-0.1, -0.05) is 24.3 Å². The number of aryl methyl sites for hydroxylation is 1. The molecule has 4 rings (SSSR count). The molecule has 1 N–H and O–H groups in total. The largest absolute Gasteiger partial charge is 0.493 e. The van der Waals surface area contributed by atoms with Crippen LogP contribution in [0.1, 0.15) is 12.5 Å². The van der Waals surface area contributed by atoms with Gasteiger partial charge in [0.1, 0.15) is 6.54 Å². The lowest BCUT2D eigenvalue weighted by Crippen LogP contribution is -2.43. The molecule has 1 fully saturated rings. The number of carbonyl (C=O) groups excluding carboxylic acids is 3. The van der Waals surface area contributed by atoms with Gasteiger partial charge in [-0.3, -0.25) is 19.4 Å². The first kappa shape index (κ1) is 21.3. The van der Waals surface area contributed by atoms with E-state index in [0.29, 0.717) is 22.9 Å². The van der Waals surface area contributed by atoms with Gasteiger partial charge in [0.25, 0.3) is 11.8 Å². The summed E-state index contributed by atoms with van der Waals surface area (Å²) >= 11 is 0. The average molecular weight is 437 g/mol. The Kier molecular flexibility index (Phi) is 5.76. The van der Waals surface area contributed by atoms with Gasteiger partial charge in [0, 0.05) is 11.8 Å². The third-order valence-corrected chi connectivity index (χ3v) is 5.43. The third-order valence-electron chi connectivity index (χ3n) is 5.43. The Bertz CT molecular complexity index is 1080. The summed E-state index contributed by atoms with van der Waals surface area (Å²) in [7, 11) is 2.96. The van der Waals surface area contributed by atoms with E-state index in [2.05, 4.69) is 15.7 Å². The molecule has 166 valence electrons. The molecule has 2 heterocycles. The van der Waals surface area contributed by atoms with Crippen LogP contribution < -0.4 is 19.7 Å². The molecule has 2 aromatic rings. The van der Waals surface area contributed by atoms with Crippen LogP contribution in [-0.2, 0) is 20.8 Å². The molecule has 0 radical (unpaired) electrons. The van der Waals surface area contributed by atoms with Crippen molar-refractivity contribution in [1.82, 2.24) is 5.01 Å². The fourth-order valence-electron chi connectivity index (χ4n) is 3.74. The van der Waals surface area contributed by atoms with Gasteiger partial charge >= 0.3 is 0 Å². The summed E-state index contributed by atoms with van der Waals surface area (Å²) in [6.07, 6.45) is 0.901. The van der Waals surface area contributed by atoms with Crippen LogP contribution in [0.5, 0.6) is 11.5 Å². The number of hydrogen-bond acceptors (Lipinski definition) is 8. The van der Waals surface area contributed by atoms with E-state index in [4.69, 9.17) is 9.47 Å². The third kappa shape index (κ3) is 3.75. The summed E-state index contributed by atoms with van der Waals surface area (Å²) in [5, 5.41) is 11.9. The molecular weight excluding hydrogens is 414 g/mol. The number of carbonyl (C=O) groups is 3. The minimum atomic E-state index is -0.993. The molecule has 0 saturated carbocycles. The number of methoxy groups -OCH3 is 2. The van der Waals surface area contributed by atoms with Crippen LogP contribution in [0.4, 0.5) is 11.4 Å². The number of anilines is 2. The van der Waals surface area contributed by atoms with E-state index in [9.17, 15) is 14.4 Å². The van der Waals surface area contributed by atoms with E-state index in [1.165, 1.54) is 19.2 Å². The maximum atomic E-state index is 13.1. The normalized spacial score (nSPS) is 19.3. The zero-order valence-corrected chi connectivity index (χ0v) is 17.9. The lowest BCUT2D eigenvalue weighted by Gasteiger charge is -2.20. The van der Waals surface area contributed by atoms with E-state index < -0.39 is 23.9 Å². The molecule has 2 aliphatic heterocycles. The molecule has 10 heteroatoms. The number of imide groups is 1. The first-order chi connectivity index (χ1) is 15.5. The van der Waals surface area contributed by atoms with Crippen molar-refractivity contribution < 1.29 is 23.9 Å². The zero-order chi connectivity index (χ0) is 22.8. The number of nitrogens with zero attached hydrogens (tertiary/aromatic N) is 4. The minimum absolute atomic E-state index is 0.209.